The third kappa shape index (κ3) is 4.74. The summed E-state index contributed by atoms with van der Waals surface area (Å²) in [5, 5.41) is 5.32. The second kappa shape index (κ2) is 8.99. The Morgan fingerprint density at radius 3 is 2.45 bits per heavy atom. The summed E-state index contributed by atoms with van der Waals surface area (Å²) in [4.78, 5) is 50.3. The number of nitrogens with one attached hydrogen (secondary N) is 2. The number of ether oxygens (including phenoxy) is 1. The first-order valence-corrected chi connectivity index (χ1v) is 9.99. The predicted molar refractivity (Wildman–Crippen MR) is 114 cm³/mol. The number of urea groups is 1. The van der Waals surface area contributed by atoms with E-state index in [0.717, 1.165) is 22.4 Å². The SMILES string of the molecule is CCc1ccccc1NC(=O)COC(=O)CN1C(=O)N[C@@](C)(c2ccc(C)cc2)C1=O. The van der Waals surface area contributed by atoms with Crippen LogP contribution in [-0.4, -0.2) is 41.9 Å². The van der Waals surface area contributed by atoms with Crippen molar-refractivity contribution in [3.8, 4) is 0 Å². The van der Waals surface area contributed by atoms with Gasteiger partial charge in [0.2, 0.25) is 0 Å². The first-order chi connectivity index (χ1) is 14.7. The van der Waals surface area contributed by atoms with Gasteiger partial charge in [-0.25, -0.2) is 4.79 Å². The van der Waals surface area contributed by atoms with Gasteiger partial charge in [-0.05, 0) is 37.5 Å². The molecule has 0 radical (unpaired) electrons. The maximum atomic E-state index is 12.9. The molecule has 0 aromatic heterocycles. The van der Waals surface area contributed by atoms with Gasteiger partial charge in [-0.3, -0.25) is 19.3 Å². The van der Waals surface area contributed by atoms with Crippen LogP contribution in [0, 0.1) is 6.92 Å². The molecule has 8 nitrogen and oxygen atoms in total. The van der Waals surface area contributed by atoms with Gasteiger partial charge in [-0.1, -0.05) is 55.0 Å². The number of carbonyl (C=O) groups is 4. The summed E-state index contributed by atoms with van der Waals surface area (Å²) < 4.78 is 4.97. The van der Waals surface area contributed by atoms with Crippen LogP contribution in [0.4, 0.5) is 10.5 Å². The summed E-state index contributed by atoms with van der Waals surface area (Å²) in [6, 6.07) is 13.8. The fraction of sp³-hybridized carbons (Fsp3) is 0.304. The molecule has 0 aliphatic carbocycles. The van der Waals surface area contributed by atoms with E-state index in [0.29, 0.717) is 11.3 Å². The van der Waals surface area contributed by atoms with Crippen LogP contribution in [0.5, 0.6) is 0 Å². The standard InChI is InChI=1S/C23H25N3O5/c1-4-16-7-5-6-8-18(16)24-19(27)14-31-20(28)13-26-21(29)23(3,25-22(26)30)17-11-9-15(2)10-12-17/h5-12H,4,13-14H2,1-3H3,(H,24,27)(H,25,30)/t23-/m0/s1. The van der Waals surface area contributed by atoms with E-state index >= 15 is 0 Å². The van der Waals surface area contributed by atoms with Gasteiger partial charge in [0.25, 0.3) is 11.8 Å². The van der Waals surface area contributed by atoms with E-state index in [1.54, 1.807) is 31.2 Å². The molecule has 1 fully saturated rings. The number of para-hydroxylation sites is 1. The molecule has 0 saturated carbocycles. The highest BCUT2D eigenvalue weighted by Gasteiger charge is 2.49. The highest BCUT2D eigenvalue weighted by atomic mass is 16.5. The lowest BCUT2D eigenvalue weighted by Crippen LogP contribution is -2.41. The Morgan fingerprint density at radius 2 is 1.77 bits per heavy atom. The van der Waals surface area contributed by atoms with Crippen molar-refractivity contribution in [1.82, 2.24) is 10.2 Å². The molecule has 1 atom stereocenters. The first-order valence-electron chi connectivity index (χ1n) is 9.99. The average Bonchev–Trinajstić information content (AvgIpc) is 2.97. The lowest BCUT2D eigenvalue weighted by molar-refractivity contribution is -0.150. The number of benzene rings is 2. The van der Waals surface area contributed by atoms with Crippen LogP contribution in [0.1, 0.15) is 30.5 Å². The van der Waals surface area contributed by atoms with Gasteiger partial charge in [-0.15, -0.1) is 0 Å². The summed E-state index contributed by atoms with van der Waals surface area (Å²) in [6.07, 6.45) is 0.738. The fourth-order valence-electron chi connectivity index (χ4n) is 3.38. The molecule has 2 aromatic rings. The summed E-state index contributed by atoms with van der Waals surface area (Å²) in [5.41, 5.74) is 1.96. The molecule has 1 aliphatic heterocycles. The van der Waals surface area contributed by atoms with Crippen molar-refractivity contribution in [2.24, 2.45) is 0 Å². The summed E-state index contributed by atoms with van der Waals surface area (Å²) in [6.45, 7) is 4.37. The molecule has 162 valence electrons. The average molecular weight is 423 g/mol. The Balaban J connectivity index is 1.57. The van der Waals surface area contributed by atoms with Crippen LogP contribution in [0.25, 0.3) is 0 Å². The number of aryl methyl sites for hydroxylation is 2. The molecule has 0 bridgehead atoms. The van der Waals surface area contributed by atoms with Crippen LogP contribution in [-0.2, 0) is 31.1 Å². The Hall–Kier alpha value is -3.68. The van der Waals surface area contributed by atoms with Crippen LogP contribution in [0.2, 0.25) is 0 Å². The van der Waals surface area contributed by atoms with Gasteiger partial charge < -0.3 is 15.4 Å². The van der Waals surface area contributed by atoms with Crippen molar-refractivity contribution in [3.63, 3.8) is 0 Å². The van der Waals surface area contributed by atoms with Gasteiger partial charge in [0.05, 0.1) is 0 Å². The second-order valence-corrected chi connectivity index (χ2v) is 7.53. The number of anilines is 1. The minimum atomic E-state index is -1.27. The number of imide groups is 1. The van der Waals surface area contributed by atoms with Crippen LogP contribution in [0.15, 0.2) is 48.5 Å². The zero-order valence-corrected chi connectivity index (χ0v) is 17.7. The number of esters is 1. The molecule has 1 aliphatic rings. The third-order valence-electron chi connectivity index (χ3n) is 5.23. The van der Waals surface area contributed by atoms with Crippen molar-refractivity contribution >= 4 is 29.5 Å². The Labute approximate surface area is 180 Å². The van der Waals surface area contributed by atoms with E-state index < -0.39 is 42.5 Å². The summed E-state index contributed by atoms with van der Waals surface area (Å²) in [7, 11) is 0. The van der Waals surface area contributed by atoms with E-state index in [-0.39, 0.29) is 0 Å². The Morgan fingerprint density at radius 1 is 1.10 bits per heavy atom. The second-order valence-electron chi connectivity index (χ2n) is 7.53. The molecule has 8 heteroatoms. The number of hydrogen-bond acceptors (Lipinski definition) is 5. The highest BCUT2D eigenvalue weighted by Crippen LogP contribution is 2.28. The van der Waals surface area contributed by atoms with E-state index in [1.807, 2.05) is 38.1 Å². The zero-order chi connectivity index (χ0) is 22.6. The van der Waals surface area contributed by atoms with Gasteiger partial charge in [0.15, 0.2) is 6.61 Å². The molecule has 2 N–H and O–H groups in total. The molecule has 1 heterocycles. The minimum absolute atomic E-state index is 0.504. The summed E-state index contributed by atoms with van der Waals surface area (Å²) >= 11 is 0. The van der Waals surface area contributed by atoms with E-state index in [4.69, 9.17) is 4.74 Å². The largest absolute Gasteiger partial charge is 0.454 e. The van der Waals surface area contributed by atoms with Crippen LogP contribution < -0.4 is 10.6 Å². The zero-order valence-electron chi connectivity index (χ0n) is 17.7. The number of amides is 4. The maximum Gasteiger partial charge on any atom is 0.326 e. The monoisotopic (exact) mass is 423 g/mol. The number of hydrogen-bond donors (Lipinski definition) is 2. The van der Waals surface area contributed by atoms with E-state index in [9.17, 15) is 19.2 Å². The number of nitrogens with zero attached hydrogens (tertiary/aromatic N) is 1. The first kappa shape index (κ1) is 22.0. The smallest absolute Gasteiger partial charge is 0.326 e. The van der Waals surface area contributed by atoms with Crippen LogP contribution >= 0.6 is 0 Å². The van der Waals surface area contributed by atoms with Crippen molar-refractivity contribution in [1.29, 1.82) is 0 Å². The van der Waals surface area contributed by atoms with Crippen LogP contribution in [0.3, 0.4) is 0 Å². The molecule has 31 heavy (non-hydrogen) atoms. The maximum absolute atomic E-state index is 12.9. The Bertz CT molecular complexity index is 1020. The lowest BCUT2D eigenvalue weighted by atomic mass is 9.91. The van der Waals surface area contributed by atoms with Crippen molar-refractivity contribution in [3.05, 3.63) is 65.2 Å². The van der Waals surface area contributed by atoms with Gasteiger partial charge >= 0.3 is 12.0 Å². The Kier molecular flexibility index (Phi) is 6.39. The quantitative estimate of drug-likeness (QED) is 0.526. The van der Waals surface area contributed by atoms with Gasteiger partial charge in [0, 0.05) is 5.69 Å². The number of rotatable bonds is 7. The fourth-order valence-corrected chi connectivity index (χ4v) is 3.38. The van der Waals surface area contributed by atoms with E-state index in [1.165, 1.54) is 0 Å². The lowest BCUT2D eigenvalue weighted by Gasteiger charge is -2.22. The minimum Gasteiger partial charge on any atom is -0.454 e. The van der Waals surface area contributed by atoms with Crippen molar-refractivity contribution in [2.75, 3.05) is 18.5 Å². The third-order valence-corrected chi connectivity index (χ3v) is 5.23. The molecular formula is C23H25N3O5. The highest BCUT2D eigenvalue weighted by molar-refractivity contribution is 6.09. The molecular weight excluding hydrogens is 398 g/mol. The van der Waals surface area contributed by atoms with Gasteiger partial charge in [0.1, 0.15) is 12.1 Å². The molecule has 2 aromatic carbocycles. The predicted octanol–water partition coefficient (Wildman–Crippen LogP) is 2.51. The normalized spacial score (nSPS) is 18.0. The topological polar surface area (TPSA) is 105 Å². The number of carbonyl (C=O) groups excluding carboxylic acids is 4. The van der Waals surface area contributed by atoms with Crippen molar-refractivity contribution < 1.29 is 23.9 Å². The molecule has 0 spiro atoms. The van der Waals surface area contributed by atoms with Crippen molar-refractivity contribution in [2.45, 2.75) is 32.7 Å². The summed E-state index contributed by atoms with van der Waals surface area (Å²) in [5.74, 6) is -1.91. The molecule has 4 amide bonds. The van der Waals surface area contributed by atoms with E-state index in [2.05, 4.69) is 10.6 Å². The molecule has 3 rings (SSSR count). The van der Waals surface area contributed by atoms with Gasteiger partial charge in [-0.2, -0.15) is 0 Å². The molecule has 0 unspecified atom stereocenters. The molecule has 1 saturated heterocycles.